The van der Waals surface area contributed by atoms with Crippen LogP contribution in [0.2, 0.25) is 0 Å². The van der Waals surface area contributed by atoms with Crippen molar-refractivity contribution < 1.29 is 19.2 Å². The van der Waals surface area contributed by atoms with E-state index in [0.29, 0.717) is 25.1 Å². The smallest absolute Gasteiger partial charge is 0.249 e. The van der Waals surface area contributed by atoms with Crippen LogP contribution in [0.3, 0.4) is 0 Å². The normalized spacial score (nSPS) is 23.4. The lowest BCUT2D eigenvalue weighted by atomic mass is 9.84. The Kier molecular flexibility index (Phi) is 14.1. The minimum atomic E-state index is -0.719. The molecule has 10 nitrogen and oxygen atoms in total. The maximum Gasteiger partial charge on any atom is 0.249 e. The summed E-state index contributed by atoms with van der Waals surface area (Å²) in [6, 6.07) is -1.55. The first kappa shape index (κ1) is 38.0. The molecule has 3 heterocycles. The summed E-state index contributed by atoms with van der Waals surface area (Å²) in [5, 5.41) is 6.23. The molecule has 2 N–H and O–H groups in total. The fourth-order valence-corrected chi connectivity index (χ4v) is 7.32. The largest absolute Gasteiger partial charge is 0.353 e. The molecule has 3 rings (SSSR count). The van der Waals surface area contributed by atoms with Crippen LogP contribution in [0.1, 0.15) is 107 Å². The number of carbonyl (C=O) groups is 4. The predicted octanol–water partition coefficient (Wildman–Crippen LogP) is 3.80. The average molecular weight is 645 g/mol. The zero-order chi connectivity index (χ0) is 34.2. The van der Waals surface area contributed by atoms with Gasteiger partial charge < -0.3 is 25.3 Å². The zero-order valence-corrected chi connectivity index (χ0v) is 30.4. The molecule has 0 bridgehead atoms. The molecule has 0 spiro atoms. The average Bonchev–Trinajstić information content (AvgIpc) is 3.51. The van der Waals surface area contributed by atoms with Gasteiger partial charge in [-0.25, -0.2) is 0 Å². The van der Waals surface area contributed by atoms with Crippen molar-refractivity contribution in [3.05, 3.63) is 11.6 Å². The summed E-state index contributed by atoms with van der Waals surface area (Å²) < 4.78 is 0. The number of likely N-dealkylation sites (tertiary alicyclic amines) is 3. The Hall–Kier alpha value is -2.46. The van der Waals surface area contributed by atoms with E-state index >= 15 is 0 Å². The van der Waals surface area contributed by atoms with Crippen LogP contribution in [0.5, 0.6) is 0 Å². The predicted molar refractivity (Wildman–Crippen MR) is 184 cm³/mol. The first-order valence-corrected chi connectivity index (χ1v) is 18.0. The van der Waals surface area contributed by atoms with E-state index < -0.39 is 17.5 Å². The Balaban J connectivity index is 1.70. The van der Waals surface area contributed by atoms with Crippen LogP contribution in [0, 0.1) is 11.3 Å². The number of rotatable bonds is 12. The molecule has 4 atom stereocenters. The summed E-state index contributed by atoms with van der Waals surface area (Å²) in [5.74, 6) is -0.481. The van der Waals surface area contributed by atoms with Gasteiger partial charge in [-0.3, -0.25) is 24.1 Å². The van der Waals surface area contributed by atoms with Gasteiger partial charge in [0.2, 0.25) is 23.6 Å². The monoisotopic (exact) mass is 644 g/mol. The van der Waals surface area contributed by atoms with E-state index in [-0.39, 0.29) is 47.7 Å². The molecule has 3 fully saturated rings. The van der Waals surface area contributed by atoms with Gasteiger partial charge in [-0.15, -0.1) is 0 Å². The number of carbonyl (C=O) groups excluding carboxylic acids is 4. The second kappa shape index (κ2) is 17.1. The van der Waals surface area contributed by atoms with Crippen molar-refractivity contribution in [2.75, 3.05) is 46.3 Å². The van der Waals surface area contributed by atoms with Gasteiger partial charge in [0.15, 0.2) is 0 Å². The van der Waals surface area contributed by atoms with Crippen LogP contribution in [0.4, 0.5) is 0 Å². The first-order chi connectivity index (χ1) is 21.6. The van der Waals surface area contributed by atoms with E-state index in [1.807, 2.05) is 40.7 Å². The van der Waals surface area contributed by atoms with Crippen LogP contribution >= 0.6 is 0 Å². The number of piperidine rings is 2. The third kappa shape index (κ3) is 10.0. The molecule has 3 aliphatic heterocycles. The maximum atomic E-state index is 14.1. The molecule has 3 aliphatic rings. The number of hydrogen-bond donors (Lipinski definition) is 2. The van der Waals surface area contributed by atoms with E-state index in [0.717, 1.165) is 51.9 Å². The van der Waals surface area contributed by atoms with Gasteiger partial charge in [-0.05, 0) is 90.3 Å². The van der Waals surface area contributed by atoms with Crippen molar-refractivity contribution in [1.82, 2.24) is 30.2 Å². The summed E-state index contributed by atoms with van der Waals surface area (Å²) in [4.78, 5) is 62.7. The highest BCUT2D eigenvalue weighted by atomic mass is 16.2. The summed E-state index contributed by atoms with van der Waals surface area (Å²) >= 11 is 0. The molecule has 262 valence electrons. The highest BCUT2D eigenvalue weighted by Gasteiger charge is 2.40. The van der Waals surface area contributed by atoms with Crippen LogP contribution in [0.15, 0.2) is 11.6 Å². The highest BCUT2D eigenvalue weighted by Crippen LogP contribution is 2.27. The number of amides is 4. The fraction of sp³-hybridized carbons (Fsp3) is 0.833. The van der Waals surface area contributed by atoms with E-state index in [1.165, 1.54) is 19.3 Å². The van der Waals surface area contributed by atoms with Crippen molar-refractivity contribution in [3.63, 3.8) is 0 Å². The van der Waals surface area contributed by atoms with Gasteiger partial charge in [-0.2, -0.15) is 0 Å². The van der Waals surface area contributed by atoms with Gasteiger partial charge in [0.05, 0.1) is 12.1 Å². The molecule has 0 aromatic rings. The van der Waals surface area contributed by atoms with Crippen molar-refractivity contribution in [3.8, 4) is 0 Å². The van der Waals surface area contributed by atoms with Gasteiger partial charge >= 0.3 is 0 Å². The molecule has 0 aromatic carbocycles. The molecule has 0 aromatic heterocycles. The third-order valence-corrected chi connectivity index (χ3v) is 10.1. The van der Waals surface area contributed by atoms with Gasteiger partial charge in [0.25, 0.3) is 0 Å². The molecule has 3 saturated heterocycles. The summed E-state index contributed by atoms with van der Waals surface area (Å²) in [5.41, 5.74) is 0.0101. The summed E-state index contributed by atoms with van der Waals surface area (Å²) in [7, 11) is 1.77. The van der Waals surface area contributed by atoms with Crippen LogP contribution < -0.4 is 10.6 Å². The lowest BCUT2D eigenvalue weighted by molar-refractivity contribution is -0.142. The summed E-state index contributed by atoms with van der Waals surface area (Å²) in [6.45, 7) is 21.0. The molecular weight excluding hydrogens is 580 g/mol. The maximum absolute atomic E-state index is 14.1. The van der Waals surface area contributed by atoms with E-state index in [4.69, 9.17) is 0 Å². The lowest BCUT2D eigenvalue weighted by Crippen LogP contribution is -2.60. The van der Waals surface area contributed by atoms with Crippen molar-refractivity contribution in [2.45, 2.75) is 137 Å². The van der Waals surface area contributed by atoms with Gasteiger partial charge in [0, 0.05) is 38.3 Å². The van der Waals surface area contributed by atoms with Gasteiger partial charge in [0.1, 0.15) is 12.1 Å². The zero-order valence-electron chi connectivity index (χ0n) is 30.4. The minimum Gasteiger partial charge on any atom is -0.353 e. The molecule has 0 radical (unpaired) electrons. The molecule has 2 unspecified atom stereocenters. The minimum absolute atomic E-state index is 0.0234. The second-order valence-corrected chi connectivity index (χ2v) is 15.5. The number of hydrogen-bond acceptors (Lipinski definition) is 6. The van der Waals surface area contributed by atoms with Crippen LogP contribution in [-0.4, -0.2) is 120 Å². The second-order valence-electron chi connectivity index (χ2n) is 15.5. The quantitative estimate of drug-likeness (QED) is 0.313. The number of nitrogens with one attached hydrogen (secondary N) is 2. The Morgan fingerprint density at radius 3 is 2.09 bits per heavy atom. The third-order valence-electron chi connectivity index (χ3n) is 10.1. The molecule has 10 heteroatoms. The fourth-order valence-electron chi connectivity index (χ4n) is 7.32. The first-order valence-electron chi connectivity index (χ1n) is 18.0. The topological polar surface area (TPSA) is 105 Å². The lowest BCUT2D eigenvalue weighted by Gasteiger charge is -2.41. The Morgan fingerprint density at radius 1 is 0.848 bits per heavy atom. The molecule has 4 amide bonds. The molecule has 46 heavy (non-hydrogen) atoms. The van der Waals surface area contributed by atoms with Crippen molar-refractivity contribution in [2.24, 2.45) is 11.3 Å². The van der Waals surface area contributed by atoms with Crippen LogP contribution in [-0.2, 0) is 19.2 Å². The molecule has 0 saturated carbocycles. The number of nitrogens with zero attached hydrogens (tertiary/aromatic N) is 4. The molecular formula is C36H64N6O4. The SMILES string of the molecule is C/C(=C\[C@H](C(C)C)N(C)C(=O)C(NC(=O)[C@H]1CCCCN1C(C)C)C(C)(C)C)C(=O)N1CCCC1C(=O)NCCN1CCCCC1. The van der Waals surface area contributed by atoms with E-state index in [1.54, 1.807) is 23.8 Å². The van der Waals surface area contributed by atoms with E-state index in [9.17, 15) is 19.2 Å². The van der Waals surface area contributed by atoms with Crippen LogP contribution in [0.25, 0.3) is 0 Å². The van der Waals surface area contributed by atoms with E-state index in [2.05, 4.69) is 34.3 Å². The molecule has 0 aliphatic carbocycles. The standard InChI is InChI=1S/C36H64N6O4/c1-25(2)30(39(9)35(46)31(36(6,7)8)38-33(44)29-16-11-14-21-41(29)26(3)4)24-27(5)34(45)42-22-15-17-28(42)32(43)37-18-23-40-19-12-10-13-20-40/h24-26,28-31H,10-23H2,1-9H3,(H,37,43)(H,38,44)/b27-24+/t28?,29-,30-,31?/m1/s1. The van der Waals surface area contributed by atoms with Crippen molar-refractivity contribution in [1.29, 1.82) is 0 Å². The highest BCUT2D eigenvalue weighted by molar-refractivity contribution is 5.97. The van der Waals surface area contributed by atoms with Crippen molar-refractivity contribution >= 4 is 23.6 Å². The Bertz CT molecular complexity index is 1080. The number of likely N-dealkylation sites (N-methyl/N-ethyl adjacent to an activating group) is 1. The summed E-state index contributed by atoms with van der Waals surface area (Å²) in [6.07, 6.45) is 9.89. The Labute approximate surface area is 279 Å². The Morgan fingerprint density at radius 2 is 1.48 bits per heavy atom. The van der Waals surface area contributed by atoms with Gasteiger partial charge in [-0.1, -0.05) is 53.5 Å².